The average molecular weight is 303 g/mol. The summed E-state index contributed by atoms with van der Waals surface area (Å²) < 4.78 is 13.7. The standard InChI is InChI=1S/C12H16BrFN2O/c1-8(15-5-6-16-9(2)17)11-4-3-10(14)7-12(11)13/h3-4,7-8,15H,5-6H2,1-2H3,(H,16,17). The highest BCUT2D eigenvalue weighted by atomic mass is 79.9. The quantitative estimate of drug-likeness (QED) is 0.820. The van der Waals surface area contributed by atoms with Crippen LogP contribution in [0, 0.1) is 5.82 Å². The van der Waals surface area contributed by atoms with Crippen molar-refractivity contribution < 1.29 is 9.18 Å². The van der Waals surface area contributed by atoms with Crippen LogP contribution in [0.2, 0.25) is 0 Å². The van der Waals surface area contributed by atoms with E-state index in [1.165, 1.54) is 19.1 Å². The van der Waals surface area contributed by atoms with Gasteiger partial charge in [0, 0.05) is 30.5 Å². The molecule has 0 bridgehead atoms. The average Bonchev–Trinajstić information content (AvgIpc) is 2.23. The van der Waals surface area contributed by atoms with E-state index in [9.17, 15) is 9.18 Å². The first-order valence-corrected chi connectivity index (χ1v) is 6.22. The lowest BCUT2D eigenvalue weighted by molar-refractivity contribution is -0.118. The minimum absolute atomic E-state index is 0.0394. The van der Waals surface area contributed by atoms with Crippen molar-refractivity contribution in [1.29, 1.82) is 0 Å². The van der Waals surface area contributed by atoms with Crippen molar-refractivity contribution in [1.82, 2.24) is 10.6 Å². The highest BCUT2D eigenvalue weighted by Gasteiger charge is 2.09. The lowest BCUT2D eigenvalue weighted by Crippen LogP contribution is -2.31. The molecule has 5 heteroatoms. The summed E-state index contributed by atoms with van der Waals surface area (Å²) in [5, 5.41) is 5.95. The topological polar surface area (TPSA) is 41.1 Å². The molecule has 0 saturated carbocycles. The van der Waals surface area contributed by atoms with Gasteiger partial charge in [0.15, 0.2) is 0 Å². The minimum atomic E-state index is -0.258. The number of rotatable bonds is 5. The number of nitrogens with one attached hydrogen (secondary N) is 2. The molecule has 1 atom stereocenters. The van der Waals surface area contributed by atoms with Crippen molar-refractivity contribution >= 4 is 21.8 Å². The Kier molecular flexibility index (Phi) is 5.58. The Morgan fingerprint density at radius 2 is 2.18 bits per heavy atom. The predicted octanol–water partition coefficient (Wildman–Crippen LogP) is 2.37. The summed E-state index contributed by atoms with van der Waals surface area (Å²) in [7, 11) is 0. The number of amides is 1. The van der Waals surface area contributed by atoms with Crippen LogP contribution in [-0.2, 0) is 4.79 Å². The number of carbonyl (C=O) groups is 1. The molecule has 1 aromatic rings. The maximum Gasteiger partial charge on any atom is 0.216 e. The molecule has 0 aromatic heterocycles. The number of benzene rings is 1. The van der Waals surface area contributed by atoms with Crippen molar-refractivity contribution in [3.63, 3.8) is 0 Å². The maximum atomic E-state index is 12.9. The van der Waals surface area contributed by atoms with Gasteiger partial charge in [-0.3, -0.25) is 4.79 Å². The van der Waals surface area contributed by atoms with Gasteiger partial charge in [0.1, 0.15) is 5.82 Å². The molecule has 0 heterocycles. The van der Waals surface area contributed by atoms with Crippen LogP contribution in [0.5, 0.6) is 0 Å². The van der Waals surface area contributed by atoms with Crippen LogP contribution < -0.4 is 10.6 Å². The molecule has 0 spiro atoms. The third-order valence-electron chi connectivity index (χ3n) is 2.38. The smallest absolute Gasteiger partial charge is 0.216 e. The molecule has 17 heavy (non-hydrogen) atoms. The predicted molar refractivity (Wildman–Crippen MR) is 69.2 cm³/mol. The van der Waals surface area contributed by atoms with Crippen molar-refractivity contribution in [2.75, 3.05) is 13.1 Å². The lowest BCUT2D eigenvalue weighted by Gasteiger charge is -2.16. The van der Waals surface area contributed by atoms with E-state index in [1.54, 1.807) is 6.07 Å². The second-order valence-corrected chi connectivity index (χ2v) is 4.68. The Morgan fingerprint density at radius 1 is 1.47 bits per heavy atom. The normalized spacial score (nSPS) is 12.2. The Morgan fingerprint density at radius 3 is 2.76 bits per heavy atom. The third kappa shape index (κ3) is 4.83. The van der Waals surface area contributed by atoms with E-state index in [-0.39, 0.29) is 17.8 Å². The molecule has 1 unspecified atom stereocenters. The first-order chi connectivity index (χ1) is 8.00. The van der Waals surface area contributed by atoms with Gasteiger partial charge >= 0.3 is 0 Å². The molecule has 94 valence electrons. The molecule has 1 rings (SSSR count). The van der Waals surface area contributed by atoms with E-state index < -0.39 is 0 Å². The molecule has 1 amide bonds. The number of hydrogen-bond donors (Lipinski definition) is 2. The van der Waals surface area contributed by atoms with E-state index in [4.69, 9.17) is 0 Å². The van der Waals surface area contributed by atoms with Crippen LogP contribution in [0.3, 0.4) is 0 Å². The monoisotopic (exact) mass is 302 g/mol. The van der Waals surface area contributed by atoms with Gasteiger partial charge in [-0.25, -0.2) is 4.39 Å². The van der Waals surface area contributed by atoms with Crippen molar-refractivity contribution in [3.8, 4) is 0 Å². The summed E-state index contributed by atoms with van der Waals surface area (Å²) in [6.45, 7) is 4.73. The van der Waals surface area contributed by atoms with Gasteiger partial charge in [-0.05, 0) is 24.6 Å². The molecule has 2 N–H and O–H groups in total. The fraction of sp³-hybridized carbons (Fsp3) is 0.417. The fourth-order valence-electron chi connectivity index (χ4n) is 1.49. The van der Waals surface area contributed by atoms with Gasteiger partial charge in [0.25, 0.3) is 0 Å². The van der Waals surface area contributed by atoms with Gasteiger partial charge in [-0.2, -0.15) is 0 Å². The summed E-state index contributed by atoms with van der Waals surface area (Å²) in [4.78, 5) is 10.7. The van der Waals surface area contributed by atoms with Gasteiger partial charge in [0.2, 0.25) is 5.91 Å². The van der Waals surface area contributed by atoms with Crippen LogP contribution in [0.15, 0.2) is 22.7 Å². The van der Waals surface area contributed by atoms with E-state index in [2.05, 4.69) is 26.6 Å². The molecule has 0 radical (unpaired) electrons. The Bertz CT molecular complexity index is 398. The molecule has 3 nitrogen and oxygen atoms in total. The highest BCUT2D eigenvalue weighted by Crippen LogP contribution is 2.23. The summed E-state index contributed by atoms with van der Waals surface area (Å²) >= 11 is 3.33. The van der Waals surface area contributed by atoms with Gasteiger partial charge in [0.05, 0.1) is 0 Å². The first kappa shape index (κ1) is 14.1. The minimum Gasteiger partial charge on any atom is -0.355 e. The maximum absolute atomic E-state index is 12.9. The summed E-state index contributed by atoms with van der Waals surface area (Å²) in [6.07, 6.45) is 0. The molecular weight excluding hydrogens is 287 g/mol. The van der Waals surface area contributed by atoms with E-state index in [0.29, 0.717) is 13.1 Å². The van der Waals surface area contributed by atoms with Crippen LogP contribution in [0.1, 0.15) is 25.5 Å². The molecule has 0 saturated heterocycles. The van der Waals surface area contributed by atoms with Gasteiger partial charge in [-0.15, -0.1) is 0 Å². The Hall–Kier alpha value is -0.940. The zero-order valence-corrected chi connectivity index (χ0v) is 11.5. The molecule has 0 aliphatic carbocycles. The van der Waals surface area contributed by atoms with Gasteiger partial charge in [-0.1, -0.05) is 22.0 Å². The molecule has 0 aliphatic heterocycles. The van der Waals surface area contributed by atoms with E-state index >= 15 is 0 Å². The largest absolute Gasteiger partial charge is 0.355 e. The summed E-state index contributed by atoms with van der Waals surface area (Å²) in [5.74, 6) is -0.298. The fourth-order valence-corrected chi connectivity index (χ4v) is 2.18. The second-order valence-electron chi connectivity index (χ2n) is 3.82. The van der Waals surface area contributed by atoms with E-state index in [1.807, 2.05) is 6.92 Å². The summed E-state index contributed by atoms with van der Waals surface area (Å²) in [6, 6.07) is 4.72. The number of hydrogen-bond acceptors (Lipinski definition) is 2. The summed E-state index contributed by atoms with van der Waals surface area (Å²) in [5.41, 5.74) is 0.995. The highest BCUT2D eigenvalue weighted by molar-refractivity contribution is 9.10. The molecule has 0 fully saturated rings. The van der Waals surface area contributed by atoms with Crippen LogP contribution in [0.25, 0.3) is 0 Å². The zero-order chi connectivity index (χ0) is 12.8. The number of carbonyl (C=O) groups excluding carboxylic acids is 1. The Balaban J connectivity index is 2.46. The van der Waals surface area contributed by atoms with Crippen LogP contribution in [-0.4, -0.2) is 19.0 Å². The first-order valence-electron chi connectivity index (χ1n) is 5.43. The molecular formula is C12H16BrFN2O. The Labute approximate surface area is 109 Å². The van der Waals surface area contributed by atoms with E-state index in [0.717, 1.165) is 10.0 Å². The number of halogens is 2. The molecule has 0 aliphatic rings. The SMILES string of the molecule is CC(=O)NCCNC(C)c1ccc(F)cc1Br. The second kappa shape index (κ2) is 6.71. The van der Waals surface area contributed by atoms with Crippen molar-refractivity contribution in [3.05, 3.63) is 34.1 Å². The van der Waals surface area contributed by atoms with Gasteiger partial charge < -0.3 is 10.6 Å². The third-order valence-corrected chi connectivity index (χ3v) is 3.07. The van der Waals surface area contributed by atoms with Crippen LogP contribution >= 0.6 is 15.9 Å². The lowest BCUT2D eigenvalue weighted by atomic mass is 10.1. The van der Waals surface area contributed by atoms with Crippen molar-refractivity contribution in [2.45, 2.75) is 19.9 Å². The van der Waals surface area contributed by atoms with Crippen molar-refractivity contribution in [2.24, 2.45) is 0 Å². The molecule has 1 aromatic carbocycles. The zero-order valence-electron chi connectivity index (χ0n) is 9.89. The van der Waals surface area contributed by atoms with Crippen LogP contribution in [0.4, 0.5) is 4.39 Å².